The third-order valence-corrected chi connectivity index (χ3v) is 5.09. The second-order valence-corrected chi connectivity index (χ2v) is 7.50. The van der Waals surface area contributed by atoms with Crippen molar-refractivity contribution in [3.05, 3.63) is 71.0 Å². The molecule has 5 nitrogen and oxygen atoms in total. The Morgan fingerprint density at radius 3 is 2.68 bits per heavy atom. The van der Waals surface area contributed by atoms with Crippen molar-refractivity contribution in [1.82, 2.24) is 15.0 Å². The van der Waals surface area contributed by atoms with Crippen LogP contribution in [0, 0.1) is 6.92 Å². The zero-order chi connectivity index (χ0) is 19.8. The van der Waals surface area contributed by atoms with Crippen LogP contribution in [0.3, 0.4) is 0 Å². The molecule has 0 unspecified atom stereocenters. The van der Waals surface area contributed by atoms with Crippen molar-refractivity contribution >= 4 is 27.8 Å². The molecule has 4 aromatic rings. The maximum absolute atomic E-state index is 13.4. The average Bonchev–Trinajstić information content (AvgIpc) is 3.08. The van der Waals surface area contributed by atoms with Gasteiger partial charge in [0, 0.05) is 19.3 Å². The highest BCUT2D eigenvalue weighted by Gasteiger charge is 2.22. The molecule has 0 saturated heterocycles. The number of fused-ring (bicyclic) bond motifs is 2. The molecular weight excluding hydrogens is 350 g/mol. The van der Waals surface area contributed by atoms with Crippen LogP contribution in [-0.4, -0.2) is 28.0 Å². The van der Waals surface area contributed by atoms with Crippen LogP contribution in [0.5, 0.6) is 0 Å². The molecular formula is C23H23N3O2. The molecule has 0 aliphatic rings. The molecule has 5 heteroatoms. The molecule has 2 aromatic heterocycles. The van der Waals surface area contributed by atoms with Gasteiger partial charge in [-0.15, -0.1) is 0 Å². The minimum atomic E-state index is -0.0615. The number of hydrogen-bond donors (Lipinski definition) is 0. The van der Waals surface area contributed by atoms with Gasteiger partial charge in [-0.25, -0.2) is 4.98 Å². The van der Waals surface area contributed by atoms with E-state index in [9.17, 15) is 4.79 Å². The van der Waals surface area contributed by atoms with E-state index in [0.29, 0.717) is 28.9 Å². The summed E-state index contributed by atoms with van der Waals surface area (Å²) in [6.45, 7) is 6.45. The molecule has 0 aliphatic heterocycles. The van der Waals surface area contributed by atoms with Gasteiger partial charge in [0.25, 0.3) is 11.6 Å². The summed E-state index contributed by atoms with van der Waals surface area (Å²) in [5.41, 5.74) is 3.64. The van der Waals surface area contributed by atoms with Crippen molar-refractivity contribution in [3.8, 4) is 0 Å². The summed E-state index contributed by atoms with van der Waals surface area (Å²) in [6, 6.07) is 16.3. The molecule has 0 aliphatic carbocycles. The Morgan fingerprint density at radius 2 is 1.89 bits per heavy atom. The number of pyridine rings is 1. The van der Waals surface area contributed by atoms with E-state index in [-0.39, 0.29) is 11.8 Å². The monoisotopic (exact) mass is 373 g/mol. The number of nitrogens with zero attached hydrogens (tertiary/aromatic N) is 3. The van der Waals surface area contributed by atoms with Gasteiger partial charge in [0.05, 0.1) is 16.6 Å². The molecule has 0 spiro atoms. The highest BCUT2D eigenvalue weighted by Crippen LogP contribution is 2.27. The molecule has 0 atom stereocenters. The van der Waals surface area contributed by atoms with Gasteiger partial charge in [-0.1, -0.05) is 61.5 Å². The normalized spacial score (nSPS) is 11.5. The minimum Gasteiger partial charge on any atom is -0.337 e. The van der Waals surface area contributed by atoms with E-state index in [0.717, 1.165) is 16.6 Å². The van der Waals surface area contributed by atoms with Crippen LogP contribution in [0.15, 0.2) is 53.1 Å². The maximum Gasteiger partial charge on any atom is 0.259 e. The Bertz CT molecular complexity index is 1170. The second kappa shape index (κ2) is 7.08. The van der Waals surface area contributed by atoms with Gasteiger partial charge in [-0.3, -0.25) is 4.79 Å². The highest BCUT2D eigenvalue weighted by atomic mass is 16.5. The number of benzene rings is 2. The maximum atomic E-state index is 13.4. The van der Waals surface area contributed by atoms with E-state index in [1.165, 1.54) is 5.39 Å². The van der Waals surface area contributed by atoms with Gasteiger partial charge in [0.1, 0.15) is 0 Å². The molecule has 28 heavy (non-hydrogen) atoms. The fraction of sp³-hybridized carbons (Fsp3) is 0.261. The van der Waals surface area contributed by atoms with Gasteiger partial charge >= 0.3 is 0 Å². The van der Waals surface area contributed by atoms with Crippen molar-refractivity contribution in [2.24, 2.45) is 0 Å². The summed E-state index contributed by atoms with van der Waals surface area (Å²) in [5, 5.41) is 7.04. The summed E-state index contributed by atoms with van der Waals surface area (Å²) in [4.78, 5) is 19.6. The predicted molar refractivity (Wildman–Crippen MR) is 110 cm³/mol. The van der Waals surface area contributed by atoms with Gasteiger partial charge in [-0.2, -0.15) is 0 Å². The van der Waals surface area contributed by atoms with Crippen molar-refractivity contribution < 1.29 is 9.32 Å². The Balaban J connectivity index is 1.73. The van der Waals surface area contributed by atoms with Crippen LogP contribution in [0.25, 0.3) is 21.9 Å². The van der Waals surface area contributed by atoms with E-state index in [1.807, 2.05) is 52.1 Å². The van der Waals surface area contributed by atoms with Crippen molar-refractivity contribution in [3.63, 3.8) is 0 Å². The third kappa shape index (κ3) is 3.13. The Labute approximate surface area is 164 Å². The van der Waals surface area contributed by atoms with E-state index >= 15 is 0 Å². The van der Waals surface area contributed by atoms with Gasteiger partial charge in [-0.05, 0) is 35.2 Å². The van der Waals surface area contributed by atoms with E-state index < -0.39 is 0 Å². The molecule has 2 heterocycles. The number of carbonyl (C=O) groups excluding carboxylic acids is 1. The summed E-state index contributed by atoms with van der Waals surface area (Å²) in [6.07, 6.45) is 0. The summed E-state index contributed by atoms with van der Waals surface area (Å²) >= 11 is 0. The first-order valence-corrected chi connectivity index (χ1v) is 9.44. The fourth-order valence-electron chi connectivity index (χ4n) is 3.54. The minimum absolute atomic E-state index is 0.0615. The van der Waals surface area contributed by atoms with Gasteiger partial charge in [0.15, 0.2) is 0 Å². The van der Waals surface area contributed by atoms with E-state index in [1.54, 1.807) is 4.90 Å². The number of amides is 1. The van der Waals surface area contributed by atoms with Crippen LogP contribution < -0.4 is 0 Å². The second-order valence-electron chi connectivity index (χ2n) is 7.50. The van der Waals surface area contributed by atoms with Crippen LogP contribution in [0.4, 0.5) is 0 Å². The topological polar surface area (TPSA) is 59.2 Å². The zero-order valence-corrected chi connectivity index (χ0v) is 16.6. The standard InChI is InChI=1S/C23H23N3O2/c1-14(2)20-12-19(21-15(3)25-28-22(21)24-20)23(27)26(4)13-17-10-7-9-16-8-5-6-11-18(16)17/h5-12,14H,13H2,1-4H3. The van der Waals surface area contributed by atoms with Gasteiger partial charge < -0.3 is 9.42 Å². The summed E-state index contributed by atoms with van der Waals surface area (Å²) in [7, 11) is 1.83. The van der Waals surface area contributed by atoms with Crippen molar-refractivity contribution in [2.75, 3.05) is 7.05 Å². The predicted octanol–water partition coefficient (Wildman–Crippen LogP) is 5.08. The number of carbonyl (C=O) groups is 1. The Hall–Kier alpha value is -3.21. The molecule has 4 rings (SSSR count). The molecule has 142 valence electrons. The van der Waals surface area contributed by atoms with Crippen LogP contribution in [0.1, 0.15) is 47.1 Å². The molecule has 1 amide bonds. The molecule has 0 saturated carbocycles. The third-order valence-electron chi connectivity index (χ3n) is 5.09. The lowest BCUT2D eigenvalue weighted by molar-refractivity contribution is 0.0787. The van der Waals surface area contributed by atoms with E-state index in [4.69, 9.17) is 4.52 Å². The van der Waals surface area contributed by atoms with Gasteiger partial charge in [0.2, 0.25) is 0 Å². The molecule has 2 aromatic carbocycles. The Morgan fingerprint density at radius 1 is 1.14 bits per heavy atom. The number of hydrogen-bond acceptors (Lipinski definition) is 4. The van der Waals surface area contributed by atoms with Crippen LogP contribution in [0.2, 0.25) is 0 Å². The smallest absolute Gasteiger partial charge is 0.259 e. The largest absolute Gasteiger partial charge is 0.337 e. The number of aryl methyl sites for hydroxylation is 1. The zero-order valence-electron chi connectivity index (χ0n) is 16.6. The lowest BCUT2D eigenvalue weighted by atomic mass is 10.0. The Kier molecular flexibility index (Phi) is 4.59. The van der Waals surface area contributed by atoms with Crippen LogP contribution in [-0.2, 0) is 6.54 Å². The average molecular weight is 373 g/mol. The first-order chi connectivity index (χ1) is 13.5. The first-order valence-electron chi connectivity index (χ1n) is 9.44. The van der Waals surface area contributed by atoms with E-state index in [2.05, 4.69) is 34.4 Å². The fourth-order valence-corrected chi connectivity index (χ4v) is 3.54. The quantitative estimate of drug-likeness (QED) is 0.500. The SMILES string of the molecule is Cc1noc2nc(C(C)C)cc(C(=O)N(C)Cc3cccc4ccccc34)c12. The number of aromatic nitrogens is 2. The van der Waals surface area contributed by atoms with Crippen molar-refractivity contribution in [2.45, 2.75) is 33.2 Å². The lowest BCUT2D eigenvalue weighted by Crippen LogP contribution is -2.27. The highest BCUT2D eigenvalue weighted by molar-refractivity contribution is 6.06. The molecule has 0 fully saturated rings. The number of rotatable bonds is 4. The lowest BCUT2D eigenvalue weighted by Gasteiger charge is -2.19. The molecule has 0 bridgehead atoms. The summed E-state index contributed by atoms with van der Waals surface area (Å²) in [5.74, 6) is 0.123. The molecule has 0 radical (unpaired) electrons. The van der Waals surface area contributed by atoms with Crippen LogP contribution >= 0.6 is 0 Å². The van der Waals surface area contributed by atoms with Crippen molar-refractivity contribution in [1.29, 1.82) is 0 Å². The summed E-state index contributed by atoms with van der Waals surface area (Å²) < 4.78 is 5.35. The first kappa shape index (κ1) is 18.2. The molecule has 0 N–H and O–H groups in total.